The van der Waals surface area contributed by atoms with Crippen molar-refractivity contribution in [1.82, 2.24) is 19.9 Å². The van der Waals surface area contributed by atoms with Crippen LogP contribution >= 0.6 is 0 Å². The van der Waals surface area contributed by atoms with Gasteiger partial charge in [0.1, 0.15) is 12.0 Å². The standard InChI is InChI=1S/C16H15F3N6O/c17-16(18,19)13-3-2-11(8-22-13)23-14-15(21-5-4-20-14)24-12-9-25(10-12)6-1-7-26/h1-8,12H,9-10H2,(H,20,23)(H,21,24). The Hall–Kier alpha value is -3.17. The molecule has 2 aromatic heterocycles. The number of nitrogens with one attached hydrogen (secondary N) is 2. The fraction of sp³-hybridized carbons (Fsp3) is 0.250. The van der Waals surface area contributed by atoms with Crippen molar-refractivity contribution in [2.45, 2.75) is 12.2 Å². The molecule has 0 unspecified atom stereocenters. The smallest absolute Gasteiger partial charge is 0.373 e. The molecular weight excluding hydrogens is 349 g/mol. The molecule has 0 aromatic carbocycles. The predicted octanol–water partition coefficient (Wildman–Crippen LogP) is 2.44. The zero-order valence-electron chi connectivity index (χ0n) is 13.4. The molecule has 26 heavy (non-hydrogen) atoms. The number of aromatic nitrogens is 3. The van der Waals surface area contributed by atoms with Crippen molar-refractivity contribution in [3.05, 3.63) is 48.7 Å². The molecule has 0 amide bonds. The molecule has 136 valence electrons. The molecule has 1 aliphatic rings. The van der Waals surface area contributed by atoms with E-state index in [1.807, 2.05) is 4.90 Å². The molecule has 0 bridgehead atoms. The highest BCUT2D eigenvalue weighted by Crippen LogP contribution is 2.29. The van der Waals surface area contributed by atoms with Crippen LogP contribution in [0.3, 0.4) is 0 Å². The summed E-state index contributed by atoms with van der Waals surface area (Å²) in [6.45, 7) is 1.39. The van der Waals surface area contributed by atoms with Gasteiger partial charge in [-0.15, -0.1) is 0 Å². The number of carbonyl (C=O) groups is 1. The number of carbonyl (C=O) groups excluding carboxylic acids is 1. The Morgan fingerprint density at radius 3 is 2.46 bits per heavy atom. The molecule has 0 radical (unpaired) electrons. The summed E-state index contributed by atoms with van der Waals surface area (Å²) in [6.07, 6.45) is 3.44. The molecule has 0 spiro atoms. The summed E-state index contributed by atoms with van der Waals surface area (Å²) in [5.41, 5.74) is -0.593. The normalized spacial score (nSPS) is 15.0. The number of hydrogen-bond acceptors (Lipinski definition) is 7. The molecule has 10 heteroatoms. The summed E-state index contributed by atoms with van der Waals surface area (Å²) in [4.78, 5) is 24.0. The van der Waals surface area contributed by atoms with Crippen LogP contribution in [0.4, 0.5) is 30.5 Å². The number of anilines is 3. The zero-order chi connectivity index (χ0) is 18.6. The first-order valence-corrected chi connectivity index (χ1v) is 7.69. The van der Waals surface area contributed by atoms with E-state index in [9.17, 15) is 18.0 Å². The Morgan fingerprint density at radius 1 is 1.12 bits per heavy atom. The van der Waals surface area contributed by atoms with E-state index >= 15 is 0 Å². The van der Waals surface area contributed by atoms with E-state index < -0.39 is 11.9 Å². The molecule has 3 rings (SSSR count). The third kappa shape index (κ3) is 4.26. The summed E-state index contributed by atoms with van der Waals surface area (Å²) in [5.74, 6) is 0.868. The third-order valence-electron chi connectivity index (χ3n) is 3.64. The number of aldehydes is 1. The first-order chi connectivity index (χ1) is 12.5. The monoisotopic (exact) mass is 364 g/mol. The molecule has 0 aliphatic carbocycles. The van der Waals surface area contributed by atoms with Crippen molar-refractivity contribution in [3.8, 4) is 0 Å². The second-order valence-electron chi connectivity index (χ2n) is 5.58. The number of likely N-dealkylation sites (tertiary alicyclic amines) is 1. The maximum absolute atomic E-state index is 12.6. The third-order valence-corrected chi connectivity index (χ3v) is 3.64. The van der Waals surface area contributed by atoms with Crippen LogP contribution in [0, 0.1) is 0 Å². The van der Waals surface area contributed by atoms with Gasteiger partial charge in [0.2, 0.25) is 0 Å². The Kier molecular flexibility index (Phi) is 5.01. The van der Waals surface area contributed by atoms with E-state index in [1.54, 1.807) is 6.20 Å². The second kappa shape index (κ2) is 7.38. The second-order valence-corrected chi connectivity index (χ2v) is 5.58. The van der Waals surface area contributed by atoms with Gasteiger partial charge in [-0.2, -0.15) is 13.2 Å². The maximum atomic E-state index is 12.6. The number of halogens is 3. The molecular formula is C16H15F3N6O. The van der Waals surface area contributed by atoms with Crippen molar-refractivity contribution in [1.29, 1.82) is 0 Å². The van der Waals surface area contributed by atoms with E-state index in [0.717, 1.165) is 12.3 Å². The van der Waals surface area contributed by atoms with Crippen molar-refractivity contribution in [2.75, 3.05) is 23.7 Å². The topological polar surface area (TPSA) is 83.0 Å². The van der Waals surface area contributed by atoms with Crippen LogP contribution in [0.15, 0.2) is 43.0 Å². The average Bonchev–Trinajstić information content (AvgIpc) is 2.58. The molecule has 2 N–H and O–H groups in total. The fourth-order valence-electron chi connectivity index (χ4n) is 2.38. The van der Waals surface area contributed by atoms with E-state index in [-0.39, 0.29) is 6.04 Å². The van der Waals surface area contributed by atoms with Gasteiger partial charge < -0.3 is 15.5 Å². The van der Waals surface area contributed by atoms with Crippen molar-refractivity contribution >= 4 is 23.6 Å². The van der Waals surface area contributed by atoms with Crippen molar-refractivity contribution in [3.63, 3.8) is 0 Å². The van der Waals surface area contributed by atoms with Gasteiger partial charge in [-0.05, 0) is 18.2 Å². The quantitative estimate of drug-likeness (QED) is 0.602. The first kappa shape index (κ1) is 17.6. The molecule has 7 nitrogen and oxygen atoms in total. The lowest BCUT2D eigenvalue weighted by Crippen LogP contribution is -2.52. The molecule has 1 saturated heterocycles. The van der Waals surface area contributed by atoms with Crippen LogP contribution in [0.25, 0.3) is 0 Å². The number of rotatable bonds is 6. The summed E-state index contributed by atoms with van der Waals surface area (Å²) in [7, 11) is 0. The zero-order valence-corrected chi connectivity index (χ0v) is 13.4. The van der Waals surface area contributed by atoms with Crippen LogP contribution in [0.1, 0.15) is 5.69 Å². The first-order valence-electron chi connectivity index (χ1n) is 7.69. The summed E-state index contributed by atoms with van der Waals surface area (Å²) >= 11 is 0. The van der Waals surface area contributed by atoms with Gasteiger partial charge in [-0.25, -0.2) is 15.0 Å². The number of hydrogen-bond donors (Lipinski definition) is 2. The molecule has 0 atom stereocenters. The van der Waals surface area contributed by atoms with Crippen LogP contribution < -0.4 is 10.6 Å². The lowest BCUT2D eigenvalue weighted by molar-refractivity contribution is -0.141. The molecule has 0 saturated carbocycles. The van der Waals surface area contributed by atoms with E-state index in [2.05, 4.69) is 25.6 Å². The highest BCUT2D eigenvalue weighted by molar-refractivity contribution is 5.67. The lowest BCUT2D eigenvalue weighted by Gasteiger charge is -2.39. The van der Waals surface area contributed by atoms with Gasteiger partial charge in [-0.1, -0.05) is 0 Å². The number of alkyl halides is 3. The van der Waals surface area contributed by atoms with Crippen LogP contribution in [0.2, 0.25) is 0 Å². The summed E-state index contributed by atoms with van der Waals surface area (Å²) in [5, 5.41) is 6.12. The van der Waals surface area contributed by atoms with Crippen LogP contribution in [0.5, 0.6) is 0 Å². The minimum Gasteiger partial charge on any atom is -0.373 e. The van der Waals surface area contributed by atoms with Crippen LogP contribution in [-0.4, -0.2) is 45.3 Å². The summed E-state index contributed by atoms with van der Waals surface area (Å²) < 4.78 is 37.7. The minimum atomic E-state index is -4.48. The van der Waals surface area contributed by atoms with E-state index in [0.29, 0.717) is 36.7 Å². The predicted molar refractivity (Wildman–Crippen MR) is 88.7 cm³/mol. The van der Waals surface area contributed by atoms with Gasteiger partial charge in [0.05, 0.1) is 17.9 Å². The molecule has 1 fully saturated rings. The van der Waals surface area contributed by atoms with Crippen molar-refractivity contribution < 1.29 is 18.0 Å². The van der Waals surface area contributed by atoms with Crippen molar-refractivity contribution in [2.24, 2.45) is 0 Å². The highest BCUT2D eigenvalue weighted by atomic mass is 19.4. The molecule has 2 aromatic rings. The Labute approximate surface area is 147 Å². The van der Waals surface area contributed by atoms with E-state index in [1.165, 1.54) is 24.5 Å². The van der Waals surface area contributed by atoms with Gasteiger partial charge in [-0.3, -0.25) is 4.79 Å². The number of nitrogens with zero attached hydrogens (tertiary/aromatic N) is 4. The molecule has 3 heterocycles. The number of pyridine rings is 1. The summed E-state index contributed by atoms with van der Waals surface area (Å²) in [6, 6.07) is 2.30. The molecule has 1 aliphatic heterocycles. The van der Waals surface area contributed by atoms with Gasteiger partial charge in [0, 0.05) is 31.7 Å². The Bertz CT molecular complexity index is 787. The minimum absolute atomic E-state index is 0.120. The largest absolute Gasteiger partial charge is 0.433 e. The van der Waals surface area contributed by atoms with Crippen LogP contribution in [-0.2, 0) is 11.0 Å². The van der Waals surface area contributed by atoms with Gasteiger partial charge in [0.25, 0.3) is 0 Å². The Balaban J connectivity index is 1.64. The average molecular weight is 364 g/mol. The van der Waals surface area contributed by atoms with E-state index in [4.69, 9.17) is 0 Å². The maximum Gasteiger partial charge on any atom is 0.433 e. The SMILES string of the molecule is O=CC=CN1CC(Nc2nccnc2Nc2ccc(C(F)(F)F)nc2)C1. The Morgan fingerprint density at radius 2 is 1.85 bits per heavy atom. The number of allylic oxidation sites excluding steroid dienone is 1. The van der Waals surface area contributed by atoms with Gasteiger partial charge in [0.15, 0.2) is 11.6 Å². The fourth-order valence-corrected chi connectivity index (χ4v) is 2.38. The highest BCUT2D eigenvalue weighted by Gasteiger charge is 2.32. The van der Waals surface area contributed by atoms with Gasteiger partial charge >= 0.3 is 6.18 Å². The lowest BCUT2D eigenvalue weighted by atomic mass is 10.1.